The number of aromatic nitrogens is 3. The van der Waals surface area contributed by atoms with Gasteiger partial charge in [0.25, 0.3) is 5.91 Å². The number of anilines is 1. The summed E-state index contributed by atoms with van der Waals surface area (Å²) in [5.74, 6) is 0.822. The number of hydrogen-bond donors (Lipinski definition) is 0. The molecule has 1 aliphatic heterocycles. The summed E-state index contributed by atoms with van der Waals surface area (Å²) in [6.07, 6.45) is 5.69. The number of amides is 1. The Kier molecular flexibility index (Phi) is 4.71. The van der Waals surface area contributed by atoms with E-state index in [9.17, 15) is 4.79 Å². The summed E-state index contributed by atoms with van der Waals surface area (Å²) in [5.41, 5.74) is 1.20. The Labute approximate surface area is 140 Å². The van der Waals surface area contributed by atoms with Gasteiger partial charge in [0, 0.05) is 38.6 Å². The lowest BCUT2D eigenvalue weighted by molar-refractivity contribution is 0.0760. The average molecular weight is 332 g/mol. The topological polar surface area (TPSA) is 62.2 Å². The second-order valence-electron chi connectivity index (χ2n) is 5.51. The molecule has 0 aromatic carbocycles. The first-order valence-electron chi connectivity index (χ1n) is 7.58. The van der Waals surface area contributed by atoms with Gasteiger partial charge in [-0.15, -0.1) is 0 Å². The van der Waals surface area contributed by atoms with Crippen LogP contribution in [0.15, 0.2) is 30.7 Å². The van der Waals surface area contributed by atoms with Crippen LogP contribution in [0.4, 0.5) is 5.82 Å². The lowest BCUT2D eigenvalue weighted by Crippen LogP contribution is -2.35. The Morgan fingerprint density at radius 1 is 1.04 bits per heavy atom. The molecule has 0 bridgehead atoms. The first-order valence-corrected chi connectivity index (χ1v) is 7.96. The maximum atomic E-state index is 12.5. The first-order chi connectivity index (χ1) is 11.1. The van der Waals surface area contributed by atoms with Gasteiger partial charge in [0.15, 0.2) is 0 Å². The van der Waals surface area contributed by atoms with Crippen molar-refractivity contribution < 1.29 is 4.79 Å². The largest absolute Gasteiger partial charge is 0.355 e. The normalized spacial score (nSPS) is 15.4. The molecule has 0 aliphatic carbocycles. The molecule has 23 heavy (non-hydrogen) atoms. The van der Waals surface area contributed by atoms with Crippen molar-refractivity contribution in [3.05, 3.63) is 47.1 Å². The number of pyridine rings is 1. The number of rotatable bonds is 2. The Morgan fingerprint density at radius 3 is 2.61 bits per heavy atom. The number of carbonyl (C=O) groups is 1. The van der Waals surface area contributed by atoms with E-state index in [0.717, 1.165) is 31.0 Å². The van der Waals surface area contributed by atoms with Crippen molar-refractivity contribution in [3.8, 4) is 0 Å². The predicted molar refractivity (Wildman–Crippen MR) is 88.7 cm³/mol. The molecule has 0 unspecified atom stereocenters. The van der Waals surface area contributed by atoms with Crippen LogP contribution in [0.3, 0.4) is 0 Å². The molecular formula is C16H18ClN5O. The Balaban J connectivity index is 1.67. The van der Waals surface area contributed by atoms with Crippen molar-refractivity contribution in [1.29, 1.82) is 0 Å². The highest BCUT2D eigenvalue weighted by Gasteiger charge is 2.21. The molecule has 1 aliphatic rings. The van der Waals surface area contributed by atoms with Crippen LogP contribution >= 0.6 is 11.6 Å². The molecule has 2 aromatic heterocycles. The van der Waals surface area contributed by atoms with E-state index in [1.165, 1.54) is 0 Å². The van der Waals surface area contributed by atoms with Crippen LogP contribution in [0.5, 0.6) is 0 Å². The van der Waals surface area contributed by atoms with Crippen molar-refractivity contribution >= 4 is 23.3 Å². The fraction of sp³-hybridized carbons (Fsp3) is 0.375. The number of aryl methyl sites for hydroxylation is 1. The summed E-state index contributed by atoms with van der Waals surface area (Å²) in [4.78, 5) is 29.2. The van der Waals surface area contributed by atoms with Gasteiger partial charge >= 0.3 is 0 Å². The standard InChI is InChI=1S/C16H18ClN5O/c1-12-9-19-14(11-18-12)16(23)22-6-2-5-21(7-8-22)15-4-3-13(17)10-20-15/h3-4,9-11H,2,5-8H2,1H3. The zero-order valence-corrected chi connectivity index (χ0v) is 13.7. The minimum Gasteiger partial charge on any atom is -0.355 e. The average Bonchev–Trinajstić information content (AvgIpc) is 2.82. The molecule has 0 radical (unpaired) electrons. The van der Waals surface area contributed by atoms with Crippen LogP contribution in [0.1, 0.15) is 22.6 Å². The molecule has 0 N–H and O–H groups in total. The van der Waals surface area contributed by atoms with Crippen molar-refractivity contribution in [2.45, 2.75) is 13.3 Å². The predicted octanol–water partition coefficient (Wildman–Crippen LogP) is 2.19. The number of hydrogen-bond acceptors (Lipinski definition) is 5. The van der Waals surface area contributed by atoms with Crippen LogP contribution in [0.2, 0.25) is 5.02 Å². The van der Waals surface area contributed by atoms with Crippen molar-refractivity contribution in [3.63, 3.8) is 0 Å². The zero-order valence-electron chi connectivity index (χ0n) is 12.9. The number of carbonyl (C=O) groups excluding carboxylic acids is 1. The van der Waals surface area contributed by atoms with E-state index in [4.69, 9.17) is 11.6 Å². The highest BCUT2D eigenvalue weighted by atomic mass is 35.5. The third kappa shape index (κ3) is 3.76. The van der Waals surface area contributed by atoms with E-state index in [1.54, 1.807) is 18.6 Å². The third-order valence-corrected chi connectivity index (χ3v) is 4.04. The van der Waals surface area contributed by atoms with Gasteiger partial charge in [-0.2, -0.15) is 0 Å². The molecule has 3 rings (SSSR count). The molecule has 3 heterocycles. The van der Waals surface area contributed by atoms with Crippen molar-refractivity contribution in [2.75, 3.05) is 31.1 Å². The van der Waals surface area contributed by atoms with Crippen LogP contribution in [-0.4, -0.2) is 51.9 Å². The molecular weight excluding hydrogens is 314 g/mol. The molecule has 1 fully saturated rings. The SMILES string of the molecule is Cc1cnc(C(=O)N2CCCN(c3ccc(Cl)cn3)CC2)cn1. The molecule has 2 aromatic rings. The molecule has 1 saturated heterocycles. The Morgan fingerprint density at radius 2 is 1.91 bits per heavy atom. The molecule has 120 valence electrons. The van der Waals surface area contributed by atoms with E-state index < -0.39 is 0 Å². The minimum absolute atomic E-state index is 0.0663. The zero-order chi connectivity index (χ0) is 16.2. The van der Waals surface area contributed by atoms with Gasteiger partial charge in [0.05, 0.1) is 16.9 Å². The molecule has 0 atom stereocenters. The van der Waals surface area contributed by atoms with Gasteiger partial charge in [-0.3, -0.25) is 9.78 Å². The van der Waals surface area contributed by atoms with Crippen molar-refractivity contribution in [1.82, 2.24) is 19.9 Å². The van der Waals surface area contributed by atoms with Crippen LogP contribution in [0.25, 0.3) is 0 Å². The van der Waals surface area contributed by atoms with Gasteiger partial charge in [0.2, 0.25) is 0 Å². The van der Waals surface area contributed by atoms with Gasteiger partial charge < -0.3 is 9.80 Å². The summed E-state index contributed by atoms with van der Waals surface area (Å²) in [6, 6.07) is 3.74. The molecule has 0 spiro atoms. The van der Waals surface area contributed by atoms with E-state index in [2.05, 4.69) is 19.9 Å². The quantitative estimate of drug-likeness (QED) is 0.844. The van der Waals surface area contributed by atoms with Crippen molar-refractivity contribution in [2.24, 2.45) is 0 Å². The fourth-order valence-corrected chi connectivity index (χ4v) is 2.68. The lowest BCUT2D eigenvalue weighted by Gasteiger charge is -2.22. The number of halogens is 1. The summed E-state index contributed by atoms with van der Waals surface area (Å²) in [7, 11) is 0. The summed E-state index contributed by atoms with van der Waals surface area (Å²) >= 11 is 5.88. The van der Waals surface area contributed by atoms with Crippen LogP contribution < -0.4 is 4.90 Å². The van der Waals surface area contributed by atoms with E-state index in [0.29, 0.717) is 23.8 Å². The molecule has 0 saturated carbocycles. The number of nitrogens with zero attached hydrogens (tertiary/aromatic N) is 5. The van der Waals surface area contributed by atoms with E-state index >= 15 is 0 Å². The van der Waals surface area contributed by atoms with Crippen LogP contribution in [-0.2, 0) is 0 Å². The lowest BCUT2D eigenvalue weighted by atomic mass is 10.3. The smallest absolute Gasteiger partial charge is 0.274 e. The fourth-order valence-electron chi connectivity index (χ4n) is 2.57. The van der Waals surface area contributed by atoms with Gasteiger partial charge in [-0.05, 0) is 25.5 Å². The van der Waals surface area contributed by atoms with E-state index in [-0.39, 0.29) is 5.91 Å². The Hall–Kier alpha value is -2.21. The maximum Gasteiger partial charge on any atom is 0.274 e. The molecule has 7 heteroatoms. The van der Waals surface area contributed by atoms with Gasteiger partial charge in [0.1, 0.15) is 11.5 Å². The maximum absolute atomic E-state index is 12.5. The summed E-state index contributed by atoms with van der Waals surface area (Å²) in [5, 5.41) is 0.623. The third-order valence-electron chi connectivity index (χ3n) is 3.82. The first kappa shape index (κ1) is 15.7. The van der Waals surface area contributed by atoms with Crippen LogP contribution in [0, 0.1) is 6.92 Å². The van der Waals surface area contributed by atoms with Gasteiger partial charge in [-0.25, -0.2) is 9.97 Å². The summed E-state index contributed by atoms with van der Waals surface area (Å²) in [6.45, 7) is 4.79. The minimum atomic E-state index is -0.0663. The molecule has 1 amide bonds. The highest BCUT2D eigenvalue weighted by molar-refractivity contribution is 6.30. The molecule has 6 nitrogen and oxygen atoms in total. The highest BCUT2D eigenvalue weighted by Crippen LogP contribution is 2.17. The monoisotopic (exact) mass is 331 g/mol. The second kappa shape index (κ2) is 6.91. The second-order valence-corrected chi connectivity index (χ2v) is 5.95. The van der Waals surface area contributed by atoms with E-state index in [1.807, 2.05) is 24.0 Å². The Bertz CT molecular complexity index is 674. The van der Waals surface area contributed by atoms with Gasteiger partial charge in [-0.1, -0.05) is 11.6 Å². The summed E-state index contributed by atoms with van der Waals surface area (Å²) < 4.78 is 0.